The molecule has 1 atom stereocenters. The van der Waals surface area contributed by atoms with E-state index in [0.29, 0.717) is 12.6 Å². The fraction of sp³-hybridized carbons (Fsp3) is 0.562. The van der Waals surface area contributed by atoms with Gasteiger partial charge in [0, 0.05) is 38.5 Å². The summed E-state index contributed by atoms with van der Waals surface area (Å²) in [6, 6.07) is 10.6. The maximum Gasteiger partial charge on any atom is 0.188 e. The molecule has 0 spiro atoms. The molecule has 0 bridgehead atoms. The fourth-order valence-electron chi connectivity index (χ4n) is 2.16. The number of anilines is 1. The van der Waals surface area contributed by atoms with Gasteiger partial charge in [0.2, 0.25) is 0 Å². The van der Waals surface area contributed by atoms with Crippen LogP contribution in [0.2, 0.25) is 0 Å². The molecule has 0 amide bonds. The first-order valence-electron chi connectivity index (χ1n) is 7.52. The zero-order valence-electron chi connectivity index (χ0n) is 13.4. The van der Waals surface area contributed by atoms with E-state index in [1.807, 2.05) is 13.0 Å². The van der Waals surface area contributed by atoms with Crippen molar-refractivity contribution in [2.45, 2.75) is 26.3 Å². The third kappa shape index (κ3) is 6.99. The van der Waals surface area contributed by atoms with Crippen LogP contribution in [-0.2, 0) is 4.74 Å². The summed E-state index contributed by atoms with van der Waals surface area (Å²) in [5, 5.41) is 3.10. The van der Waals surface area contributed by atoms with Gasteiger partial charge in [-0.15, -0.1) is 0 Å². The topological polar surface area (TPSA) is 62.9 Å². The first kappa shape index (κ1) is 17.3. The molecule has 0 heterocycles. The number of rotatable bonds is 9. The summed E-state index contributed by atoms with van der Waals surface area (Å²) < 4.78 is 5.05. The second-order valence-corrected chi connectivity index (χ2v) is 5.04. The summed E-state index contributed by atoms with van der Waals surface area (Å²) in [4.78, 5) is 6.69. The van der Waals surface area contributed by atoms with Crippen LogP contribution in [0.1, 0.15) is 20.3 Å². The van der Waals surface area contributed by atoms with Crippen molar-refractivity contribution >= 4 is 11.6 Å². The van der Waals surface area contributed by atoms with Gasteiger partial charge in [0.1, 0.15) is 0 Å². The van der Waals surface area contributed by atoms with Crippen molar-refractivity contribution < 1.29 is 4.74 Å². The van der Waals surface area contributed by atoms with E-state index in [4.69, 9.17) is 10.5 Å². The number of hydrogen-bond donors (Lipinski definition) is 2. The maximum atomic E-state index is 5.84. The standard InChI is InChI=1S/C16H28N4O/c1-4-20(15-9-6-5-7-10-15)12-8-11-18-16(17)19-14(2)13-21-3/h5-7,9-10,14H,4,8,11-13H2,1-3H3,(H3,17,18,19). The molecule has 21 heavy (non-hydrogen) atoms. The number of nitrogens with one attached hydrogen (secondary N) is 1. The number of benzene rings is 1. The lowest BCUT2D eigenvalue weighted by Gasteiger charge is -2.22. The largest absolute Gasteiger partial charge is 0.383 e. The predicted molar refractivity (Wildman–Crippen MR) is 89.9 cm³/mol. The van der Waals surface area contributed by atoms with Crippen LogP contribution >= 0.6 is 0 Å². The molecule has 1 aromatic rings. The van der Waals surface area contributed by atoms with E-state index >= 15 is 0 Å². The highest BCUT2D eigenvalue weighted by Crippen LogP contribution is 2.12. The Morgan fingerprint density at radius 2 is 2.10 bits per heavy atom. The van der Waals surface area contributed by atoms with E-state index in [1.54, 1.807) is 7.11 Å². The summed E-state index contributed by atoms with van der Waals surface area (Å²) in [6.07, 6.45) is 0.976. The SMILES string of the molecule is CCN(CCCN=C(N)NC(C)COC)c1ccccc1. The molecule has 0 fully saturated rings. The first-order valence-corrected chi connectivity index (χ1v) is 7.52. The zero-order valence-corrected chi connectivity index (χ0v) is 13.4. The van der Waals surface area contributed by atoms with Crippen LogP contribution < -0.4 is 16.0 Å². The molecule has 0 aliphatic rings. The lowest BCUT2D eigenvalue weighted by atomic mass is 10.2. The number of hydrogen-bond acceptors (Lipinski definition) is 3. The van der Waals surface area contributed by atoms with Crippen molar-refractivity contribution in [1.29, 1.82) is 0 Å². The van der Waals surface area contributed by atoms with Crippen molar-refractivity contribution in [1.82, 2.24) is 5.32 Å². The van der Waals surface area contributed by atoms with Gasteiger partial charge in [0.25, 0.3) is 0 Å². The Morgan fingerprint density at radius 1 is 1.38 bits per heavy atom. The fourth-order valence-corrected chi connectivity index (χ4v) is 2.16. The van der Waals surface area contributed by atoms with Gasteiger partial charge in [0.05, 0.1) is 6.61 Å². The van der Waals surface area contributed by atoms with E-state index in [9.17, 15) is 0 Å². The number of ether oxygens (including phenoxy) is 1. The first-order chi connectivity index (χ1) is 10.2. The highest BCUT2D eigenvalue weighted by Gasteiger charge is 2.03. The van der Waals surface area contributed by atoms with E-state index in [-0.39, 0.29) is 6.04 Å². The molecule has 0 aliphatic heterocycles. The third-order valence-corrected chi connectivity index (χ3v) is 3.18. The Bertz CT molecular complexity index is 408. The summed E-state index contributed by atoms with van der Waals surface area (Å²) in [6.45, 7) is 7.49. The normalized spacial score (nSPS) is 13.0. The van der Waals surface area contributed by atoms with Crippen molar-refractivity contribution in [2.24, 2.45) is 10.7 Å². The molecule has 0 aromatic heterocycles. The number of guanidine groups is 1. The molecule has 3 N–H and O–H groups in total. The molecule has 1 aromatic carbocycles. The minimum atomic E-state index is 0.176. The van der Waals surface area contributed by atoms with Crippen molar-refractivity contribution in [3.05, 3.63) is 30.3 Å². The highest BCUT2D eigenvalue weighted by atomic mass is 16.5. The lowest BCUT2D eigenvalue weighted by molar-refractivity contribution is 0.179. The summed E-state index contributed by atoms with van der Waals surface area (Å²) >= 11 is 0. The number of para-hydroxylation sites is 1. The molecule has 0 aliphatic carbocycles. The Balaban J connectivity index is 2.31. The molecule has 5 heteroatoms. The van der Waals surface area contributed by atoms with Gasteiger partial charge >= 0.3 is 0 Å². The van der Waals surface area contributed by atoms with Crippen LogP contribution in [-0.4, -0.2) is 45.4 Å². The Kier molecular flexibility index (Phi) is 8.28. The molecule has 0 saturated heterocycles. The van der Waals surface area contributed by atoms with Crippen molar-refractivity contribution in [2.75, 3.05) is 38.3 Å². The molecule has 118 valence electrons. The van der Waals surface area contributed by atoms with Crippen LogP contribution in [0.5, 0.6) is 0 Å². The summed E-state index contributed by atoms with van der Waals surface area (Å²) in [7, 11) is 1.68. The number of nitrogens with two attached hydrogens (primary N) is 1. The predicted octanol–water partition coefficient (Wildman–Crippen LogP) is 1.84. The Hall–Kier alpha value is -1.75. The van der Waals surface area contributed by atoms with Crippen molar-refractivity contribution in [3.8, 4) is 0 Å². The number of nitrogens with zero attached hydrogens (tertiary/aromatic N) is 2. The van der Waals surface area contributed by atoms with E-state index in [1.165, 1.54) is 5.69 Å². The van der Waals surface area contributed by atoms with Gasteiger partial charge in [-0.25, -0.2) is 0 Å². The molecule has 0 saturated carbocycles. The third-order valence-electron chi connectivity index (χ3n) is 3.18. The monoisotopic (exact) mass is 292 g/mol. The average Bonchev–Trinajstić information content (AvgIpc) is 2.48. The molecule has 1 rings (SSSR count). The average molecular weight is 292 g/mol. The molecule has 5 nitrogen and oxygen atoms in total. The molecule has 0 radical (unpaired) electrons. The van der Waals surface area contributed by atoms with Gasteiger partial charge in [-0.05, 0) is 32.4 Å². The van der Waals surface area contributed by atoms with Crippen LogP contribution in [0.25, 0.3) is 0 Å². The van der Waals surface area contributed by atoms with Crippen LogP contribution in [0.3, 0.4) is 0 Å². The minimum Gasteiger partial charge on any atom is -0.383 e. The molecule has 1 unspecified atom stereocenters. The maximum absolute atomic E-state index is 5.84. The van der Waals surface area contributed by atoms with E-state index < -0.39 is 0 Å². The number of methoxy groups -OCH3 is 1. The summed E-state index contributed by atoms with van der Waals surface area (Å²) in [5.41, 5.74) is 7.09. The second kappa shape index (κ2) is 10.0. The van der Waals surface area contributed by atoms with Crippen LogP contribution in [0.15, 0.2) is 35.3 Å². The van der Waals surface area contributed by atoms with E-state index in [0.717, 1.165) is 26.1 Å². The second-order valence-electron chi connectivity index (χ2n) is 5.04. The lowest BCUT2D eigenvalue weighted by Crippen LogP contribution is -2.40. The minimum absolute atomic E-state index is 0.176. The quantitative estimate of drug-likeness (QED) is 0.414. The smallest absolute Gasteiger partial charge is 0.188 e. The highest BCUT2D eigenvalue weighted by molar-refractivity contribution is 5.78. The Labute approximate surface area is 128 Å². The van der Waals surface area contributed by atoms with Gasteiger partial charge in [-0.3, -0.25) is 4.99 Å². The van der Waals surface area contributed by atoms with Crippen LogP contribution in [0.4, 0.5) is 5.69 Å². The van der Waals surface area contributed by atoms with Crippen LogP contribution in [0, 0.1) is 0 Å². The van der Waals surface area contributed by atoms with Crippen molar-refractivity contribution in [3.63, 3.8) is 0 Å². The van der Waals surface area contributed by atoms with Gasteiger partial charge < -0.3 is 20.7 Å². The zero-order chi connectivity index (χ0) is 15.5. The summed E-state index contributed by atoms with van der Waals surface area (Å²) in [5.74, 6) is 0.488. The molecular formula is C16H28N4O. The van der Waals surface area contributed by atoms with Gasteiger partial charge in [-0.1, -0.05) is 18.2 Å². The Morgan fingerprint density at radius 3 is 2.71 bits per heavy atom. The van der Waals surface area contributed by atoms with Gasteiger partial charge in [0.15, 0.2) is 5.96 Å². The van der Waals surface area contributed by atoms with Gasteiger partial charge in [-0.2, -0.15) is 0 Å². The number of aliphatic imine (C=N–C) groups is 1. The van der Waals surface area contributed by atoms with E-state index in [2.05, 4.69) is 46.4 Å². The molecular weight excluding hydrogens is 264 g/mol.